The Morgan fingerprint density at radius 1 is 1.14 bits per heavy atom. The molecule has 0 aliphatic rings. The van der Waals surface area contributed by atoms with Crippen LogP contribution >= 0.6 is 0 Å². The molecule has 0 saturated heterocycles. The van der Waals surface area contributed by atoms with Crippen molar-refractivity contribution in [1.29, 1.82) is 0 Å². The van der Waals surface area contributed by atoms with E-state index in [0.29, 0.717) is 41.8 Å². The summed E-state index contributed by atoms with van der Waals surface area (Å²) in [5.41, 5.74) is 0.0378. The number of anilines is 1. The van der Waals surface area contributed by atoms with E-state index in [4.69, 9.17) is 0 Å². The maximum Gasteiger partial charge on any atom is 0.433 e. The van der Waals surface area contributed by atoms with Crippen LogP contribution in [0.1, 0.15) is 43.4 Å². The lowest BCUT2D eigenvalue weighted by molar-refractivity contribution is -0.141. The number of hydrogen-bond donors (Lipinski definition) is 2. The third-order valence-electron chi connectivity index (χ3n) is 5.43. The average molecular weight is 486 g/mol. The van der Waals surface area contributed by atoms with Crippen LogP contribution in [0.25, 0.3) is 22.0 Å². The third kappa shape index (κ3) is 5.68. The second-order valence-electron chi connectivity index (χ2n) is 8.86. The van der Waals surface area contributed by atoms with Crippen LogP contribution in [0.4, 0.5) is 18.9 Å². The number of halogens is 3. The molecule has 11 heteroatoms. The zero-order chi connectivity index (χ0) is 25.4. The highest BCUT2D eigenvalue weighted by atomic mass is 19.4. The van der Waals surface area contributed by atoms with Gasteiger partial charge in [-0.25, -0.2) is 4.98 Å². The summed E-state index contributed by atoms with van der Waals surface area (Å²) in [6, 6.07) is 6.70. The highest BCUT2D eigenvalue weighted by molar-refractivity contribution is 6.07. The molecule has 0 saturated carbocycles. The van der Waals surface area contributed by atoms with Crippen molar-refractivity contribution >= 4 is 22.5 Å². The van der Waals surface area contributed by atoms with E-state index in [1.807, 2.05) is 13.1 Å². The van der Waals surface area contributed by atoms with Gasteiger partial charge < -0.3 is 10.4 Å². The molecule has 0 unspecified atom stereocenters. The maximum absolute atomic E-state index is 13.1. The van der Waals surface area contributed by atoms with Gasteiger partial charge in [0.05, 0.1) is 17.3 Å². The van der Waals surface area contributed by atoms with E-state index >= 15 is 0 Å². The quantitative estimate of drug-likeness (QED) is 0.393. The Balaban J connectivity index is 1.73. The molecule has 8 nitrogen and oxygen atoms in total. The second-order valence-corrected chi connectivity index (χ2v) is 8.86. The van der Waals surface area contributed by atoms with E-state index in [1.54, 1.807) is 47.7 Å². The molecule has 0 aliphatic heterocycles. The Hall–Kier alpha value is -3.73. The number of aromatic nitrogens is 5. The van der Waals surface area contributed by atoms with Crippen molar-refractivity contribution in [2.24, 2.45) is 0 Å². The minimum atomic E-state index is -4.66. The van der Waals surface area contributed by atoms with Crippen molar-refractivity contribution in [2.45, 2.75) is 52.1 Å². The monoisotopic (exact) mass is 486 g/mol. The Morgan fingerprint density at radius 3 is 2.57 bits per heavy atom. The van der Waals surface area contributed by atoms with Crippen molar-refractivity contribution in [3.8, 4) is 11.1 Å². The Morgan fingerprint density at radius 2 is 1.91 bits per heavy atom. The number of alkyl halides is 3. The van der Waals surface area contributed by atoms with Gasteiger partial charge in [-0.05, 0) is 51.5 Å². The predicted molar refractivity (Wildman–Crippen MR) is 125 cm³/mol. The number of nitrogens with zero attached hydrogens (tertiary/aromatic N) is 5. The molecule has 3 heterocycles. The van der Waals surface area contributed by atoms with Crippen LogP contribution in [0.2, 0.25) is 0 Å². The number of amides is 1. The lowest BCUT2D eigenvalue weighted by Gasteiger charge is -2.16. The van der Waals surface area contributed by atoms with E-state index in [0.717, 1.165) is 17.5 Å². The van der Waals surface area contributed by atoms with Crippen LogP contribution in [0.15, 0.2) is 48.9 Å². The molecular weight excluding hydrogens is 461 g/mol. The highest BCUT2D eigenvalue weighted by Crippen LogP contribution is 2.33. The Kier molecular flexibility index (Phi) is 6.37. The van der Waals surface area contributed by atoms with E-state index in [2.05, 4.69) is 20.5 Å². The number of nitrogens with one attached hydrogen (secondary N) is 1. The standard InChI is InChI=1S/C24H25F3N6O2/c1-4-32-14-16(12-28-32)17-11-19-15(13-33(31-19)9-8-23(2,3)35)10-20(17)30-22(34)18-6-5-7-21(29-18)24(25,26)27/h5-7,10-14,35H,4,8-9H2,1-3H3,(H,30,34). The van der Waals surface area contributed by atoms with Crippen LogP contribution in [-0.2, 0) is 19.3 Å². The third-order valence-corrected chi connectivity index (χ3v) is 5.43. The molecule has 2 N–H and O–H groups in total. The SMILES string of the molecule is CCn1cc(-c2cc3nn(CCC(C)(C)O)cc3cc2NC(=O)c2cccc(C(F)(F)F)n2)cn1. The first-order valence-electron chi connectivity index (χ1n) is 11.0. The predicted octanol–water partition coefficient (Wildman–Crippen LogP) is 4.75. The number of carbonyl (C=O) groups is 1. The summed E-state index contributed by atoms with van der Waals surface area (Å²) >= 11 is 0. The molecule has 0 spiro atoms. The van der Waals surface area contributed by atoms with Gasteiger partial charge in [0, 0.05) is 47.7 Å². The van der Waals surface area contributed by atoms with Gasteiger partial charge in [0.1, 0.15) is 11.4 Å². The lowest BCUT2D eigenvalue weighted by Crippen LogP contribution is -2.21. The van der Waals surface area contributed by atoms with E-state index < -0.39 is 23.4 Å². The smallest absolute Gasteiger partial charge is 0.390 e. The summed E-state index contributed by atoms with van der Waals surface area (Å²) in [6.07, 6.45) is 1.08. The zero-order valence-electron chi connectivity index (χ0n) is 19.5. The first-order valence-corrected chi connectivity index (χ1v) is 11.0. The Labute approximate surface area is 199 Å². The molecule has 0 atom stereocenters. The van der Waals surface area contributed by atoms with Crippen LogP contribution in [0.3, 0.4) is 0 Å². The minimum absolute atomic E-state index is 0.351. The van der Waals surface area contributed by atoms with Gasteiger partial charge in [-0.1, -0.05) is 6.07 Å². The fourth-order valence-corrected chi connectivity index (χ4v) is 3.55. The average Bonchev–Trinajstić information content (AvgIpc) is 3.42. The summed E-state index contributed by atoms with van der Waals surface area (Å²) in [7, 11) is 0. The number of rotatable bonds is 7. The largest absolute Gasteiger partial charge is 0.433 e. The first kappa shape index (κ1) is 24.4. The van der Waals surface area contributed by atoms with Crippen LogP contribution in [0, 0.1) is 0 Å². The zero-order valence-corrected chi connectivity index (χ0v) is 19.5. The van der Waals surface area contributed by atoms with Gasteiger partial charge in [0.25, 0.3) is 5.91 Å². The maximum atomic E-state index is 13.1. The Bertz CT molecular complexity index is 1370. The molecule has 0 aliphatic carbocycles. The first-order chi connectivity index (χ1) is 16.4. The van der Waals surface area contributed by atoms with E-state index in [9.17, 15) is 23.1 Å². The molecule has 35 heavy (non-hydrogen) atoms. The lowest BCUT2D eigenvalue weighted by atomic mass is 10.0. The topological polar surface area (TPSA) is 97.9 Å². The highest BCUT2D eigenvalue weighted by Gasteiger charge is 2.33. The van der Waals surface area contributed by atoms with Gasteiger partial charge in [0.15, 0.2) is 0 Å². The van der Waals surface area contributed by atoms with Gasteiger partial charge in [-0.15, -0.1) is 0 Å². The molecule has 3 aromatic heterocycles. The van der Waals surface area contributed by atoms with Crippen molar-refractivity contribution in [3.05, 3.63) is 60.3 Å². The van der Waals surface area contributed by atoms with Crippen molar-refractivity contribution in [2.75, 3.05) is 5.32 Å². The molecular formula is C24H25F3N6O2. The number of carbonyl (C=O) groups excluding carboxylic acids is 1. The number of aryl methyl sites for hydroxylation is 2. The molecule has 1 amide bonds. The van der Waals surface area contributed by atoms with Gasteiger partial charge in [-0.2, -0.15) is 23.4 Å². The number of hydrogen-bond acceptors (Lipinski definition) is 5. The molecule has 4 rings (SSSR count). The van der Waals surface area contributed by atoms with Crippen molar-refractivity contribution in [3.63, 3.8) is 0 Å². The molecule has 184 valence electrons. The van der Waals surface area contributed by atoms with Crippen LogP contribution in [-0.4, -0.2) is 41.2 Å². The number of benzene rings is 1. The van der Waals surface area contributed by atoms with E-state index in [1.165, 1.54) is 6.07 Å². The molecule has 0 fully saturated rings. The van der Waals surface area contributed by atoms with Crippen molar-refractivity contribution in [1.82, 2.24) is 24.5 Å². The minimum Gasteiger partial charge on any atom is -0.390 e. The van der Waals surface area contributed by atoms with Gasteiger partial charge >= 0.3 is 6.18 Å². The number of aliphatic hydroxyl groups is 1. The normalized spacial score (nSPS) is 12.3. The van der Waals surface area contributed by atoms with E-state index in [-0.39, 0.29) is 5.69 Å². The van der Waals surface area contributed by atoms with Gasteiger partial charge in [-0.3, -0.25) is 14.2 Å². The molecule has 0 radical (unpaired) electrons. The fraction of sp³-hybridized carbons (Fsp3) is 0.333. The fourth-order valence-electron chi connectivity index (χ4n) is 3.55. The second kappa shape index (κ2) is 9.14. The summed E-state index contributed by atoms with van der Waals surface area (Å²) in [5, 5.41) is 22.3. The molecule has 0 bridgehead atoms. The van der Waals surface area contributed by atoms with Gasteiger partial charge in [0.2, 0.25) is 0 Å². The number of pyridine rings is 1. The van der Waals surface area contributed by atoms with Crippen LogP contribution < -0.4 is 5.32 Å². The summed E-state index contributed by atoms with van der Waals surface area (Å²) < 4.78 is 42.6. The molecule has 1 aromatic carbocycles. The summed E-state index contributed by atoms with van der Waals surface area (Å²) in [4.78, 5) is 16.4. The summed E-state index contributed by atoms with van der Waals surface area (Å²) in [6.45, 7) is 6.50. The number of fused-ring (bicyclic) bond motifs is 1. The molecule has 4 aromatic rings. The van der Waals surface area contributed by atoms with Crippen LogP contribution in [0.5, 0.6) is 0 Å². The summed E-state index contributed by atoms with van der Waals surface area (Å²) in [5.74, 6) is -0.769. The van der Waals surface area contributed by atoms with Crippen molar-refractivity contribution < 1.29 is 23.1 Å².